The predicted octanol–water partition coefficient (Wildman–Crippen LogP) is 3.06. The van der Waals surface area contributed by atoms with Crippen LogP contribution in [0.1, 0.15) is 21.6 Å². The minimum Gasteiger partial charge on any atom is -0.340 e. The number of ketones is 1. The van der Waals surface area contributed by atoms with Gasteiger partial charge in [0, 0.05) is 18.9 Å². The fourth-order valence-corrected chi connectivity index (χ4v) is 2.39. The SMILES string of the molecule is Cc1ccc(Cn2cccc2C(=O)C(=O)Nc2cccnc2)cc1. The number of hydrogen-bond donors (Lipinski definition) is 1. The van der Waals surface area contributed by atoms with E-state index >= 15 is 0 Å². The number of carbonyl (C=O) groups excluding carboxylic acids is 2. The molecule has 0 fully saturated rings. The number of rotatable bonds is 5. The minimum atomic E-state index is -0.674. The Balaban J connectivity index is 1.75. The first-order valence-electron chi connectivity index (χ1n) is 7.60. The van der Waals surface area contributed by atoms with E-state index in [0.29, 0.717) is 17.9 Å². The second kappa shape index (κ2) is 6.91. The molecule has 24 heavy (non-hydrogen) atoms. The lowest BCUT2D eigenvalue weighted by molar-refractivity contribution is -0.112. The summed E-state index contributed by atoms with van der Waals surface area (Å²) in [6.45, 7) is 2.56. The van der Waals surface area contributed by atoms with Gasteiger partial charge in [-0.2, -0.15) is 0 Å². The smallest absolute Gasteiger partial charge is 0.298 e. The lowest BCUT2D eigenvalue weighted by atomic mass is 10.1. The average molecular weight is 319 g/mol. The van der Waals surface area contributed by atoms with Gasteiger partial charge in [0.1, 0.15) is 0 Å². The van der Waals surface area contributed by atoms with Gasteiger partial charge in [0.25, 0.3) is 11.7 Å². The highest BCUT2D eigenvalue weighted by atomic mass is 16.2. The van der Waals surface area contributed by atoms with Gasteiger partial charge in [-0.15, -0.1) is 0 Å². The number of amides is 1. The summed E-state index contributed by atoms with van der Waals surface area (Å²) >= 11 is 0. The number of carbonyl (C=O) groups is 2. The van der Waals surface area contributed by atoms with Gasteiger partial charge in [0.2, 0.25) is 0 Å². The highest BCUT2D eigenvalue weighted by Gasteiger charge is 2.19. The van der Waals surface area contributed by atoms with Crippen LogP contribution in [0.15, 0.2) is 67.1 Å². The highest BCUT2D eigenvalue weighted by Crippen LogP contribution is 2.11. The summed E-state index contributed by atoms with van der Waals surface area (Å²) in [4.78, 5) is 28.5. The number of nitrogens with zero attached hydrogens (tertiary/aromatic N) is 2. The third-order valence-corrected chi connectivity index (χ3v) is 3.66. The van der Waals surface area contributed by atoms with Crippen LogP contribution in [0.4, 0.5) is 5.69 Å². The molecule has 0 unspecified atom stereocenters. The summed E-state index contributed by atoms with van der Waals surface area (Å²) in [5.41, 5.74) is 3.10. The van der Waals surface area contributed by atoms with E-state index in [1.807, 2.05) is 31.2 Å². The molecule has 0 atom stereocenters. The Labute approximate surface area is 140 Å². The number of hydrogen-bond acceptors (Lipinski definition) is 3. The van der Waals surface area contributed by atoms with Crippen LogP contribution in [0.3, 0.4) is 0 Å². The maximum Gasteiger partial charge on any atom is 0.298 e. The van der Waals surface area contributed by atoms with Gasteiger partial charge in [0.05, 0.1) is 17.6 Å². The standard InChI is InChI=1S/C19H17N3O2/c1-14-6-8-15(9-7-14)13-22-11-3-5-17(22)18(23)19(24)21-16-4-2-10-20-12-16/h2-12H,13H2,1H3,(H,21,24). The molecular formula is C19H17N3O2. The zero-order valence-corrected chi connectivity index (χ0v) is 13.3. The van der Waals surface area contributed by atoms with Gasteiger partial charge < -0.3 is 9.88 Å². The summed E-state index contributed by atoms with van der Waals surface area (Å²) in [5.74, 6) is -1.25. The van der Waals surface area contributed by atoms with Crippen molar-refractivity contribution in [2.75, 3.05) is 5.32 Å². The molecule has 1 aromatic carbocycles. The molecule has 0 aliphatic heterocycles. The Morgan fingerprint density at radius 2 is 1.88 bits per heavy atom. The Hall–Kier alpha value is -3.21. The van der Waals surface area contributed by atoms with E-state index < -0.39 is 11.7 Å². The third-order valence-electron chi connectivity index (χ3n) is 3.66. The Morgan fingerprint density at radius 3 is 2.58 bits per heavy atom. The number of Topliss-reactive ketones (excluding diaryl/α,β-unsaturated/α-hetero) is 1. The zero-order valence-electron chi connectivity index (χ0n) is 13.3. The van der Waals surface area contributed by atoms with Gasteiger partial charge in [-0.3, -0.25) is 14.6 Å². The second-order valence-corrected chi connectivity index (χ2v) is 5.53. The van der Waals surface area contributed by atoms with E-state index in [1.165, 1.54) is 11.8 Å². The van der Waals surface area contributed by atoms with Crippen molar-refractivity contribution in [3.63, 3.8) is 0 Å². The molecule has 3 aromatic rings. The van der Waals surface area contributed by atoms with Crippen LogP contribution in [0.5, 0.6) is 0 Å². The van der Waals surface area contributed by atoms with Crippen molar-refractivity contribution in [2.45, 2.75) is 13.5 Å². The van der Waals surface area contributed by atoms with E-state index in [9.17, 15) is 9.59 Å². The quantitative estimate of drug-likeness (QED) is 0.580. The molecule has 1 amide bonds. The third kappa shape index (κ3) is 3.57. The highest BCUT2D eigenvalue weighted by molar-refractivity contribution is 6.46. The Kier molecular flexibility index (Phi) is 4.52. The van der Waals surface area contributed by atoms with Crippen LogP contribution in [-0.4, -0.2) is 21.2 Å². The number of nitrogens with one attached hydrogen (secondary N) is 1. The van der Waals surface area contributed by atoms with Crippen LogP contribution < -0.4 is 5.32 Å². The van der Waals surface area contributed by atoms with Crippen LogP contribution in [0.2, 0.25) is 0 Å². The molecule has 0 bridgehead atoms. The topological polar surface area (TPSA) is 64.0 Å². The largest absolute Gasteiger partial charge is 0.340 e. The molecule has 5 nitrogen and oxygen atoms in total. The van der Waals surface area contributed by atoms with Crippen molar-refractivity contribution in [1.29, 1.82) is 0 Å². The summed E-state index contributed by atoms with van der Waals surface area (Å²) in [6, 6.07) is 14.9. The van der Waals surface area contributed by atoms with Crippen molar-refractivity contribution in [3.05, 3.63) is 83.9 Å². The number of aromatic nitrogens is 2. The molecule has 120 valence electrons. The van der Waals surface area contributed by atoms with Crippen LogP contribution in [-0.2, 0) is 11.3 Å². The molecule has 0 aliphatic carbocycles. The fourth-order valence-electron chi connectivity index (χ4n) is 2.39. The summed E-state index contributed by atoms with van der Waals surface area (Å²) in [5, 5.41) is 2.56. The number of pyridine rings is 1. The first-order chi connectivity index (χ1) is 11.6. The molecule has 2 heterocycles. The molecule has 0 saturated carbocycles. The van der Waals surface area contributed by atoms with E-state index in [1.54, 1.807) is 41.2 Å². The molecule has 0 aliphatic rings. The molecule has 3 rings (SSSR count). The summed E-state index contributed by atoms with van der Waals surface area (Å²) in [6.07, 6.45) is 4.89. The van der Waals surface area contributed by atoms with Crippen molar-refractivity contribution in [2.24, 2.45) is 0 Å². The Morgan fingerprint density at radius 1 is 1.08 bits per heavy atom. The van der Waals surface area contributed by atoms with Crippen LogP contribution >= 0.6 is 0 Å². The van der Waals surface area contributed by atoms with E-state index in [4.69, 9.17) is 0 Å². The van der Waals surface area contributed by atoms with E-state index in [2.05, 4.69) is 10.3 Å². The summed E-state index contributed by atoms with van der Waals surface area (Å²) in [7, 11) is 0. The maximum absolute atomic E-state index is 12.4. The number of anilines is 1. The fraction of sp³-hybridized carbons (Fsp3) is 0.105. The maximum atomic E-state index is 12.4. The predicted molar refractivity (Wildman–Crippen MR) is 91.9 cm³/mol. The van der Waals surface area contributed by atoms with Crippen molar-refractivity contribution in [3.8, 4) is 0 Å². The molecular weight excluding hydrogens is 302 g/mol. The first-order valence-corrected chi connectivity index (χ1v) is 7.60. The van der Waals surface area contributed by atoms with E-state index in [-0.39, 0.29) is 0 Å². The molecule has 0 spiro atoms. The van der Waals surface area contributed by atoms with Crippen LogP contribution in [0, 0.1) is 6.92 Å². The summed E-state index contributed by atoms with van der Waals surface area (Å²) < 4.78 is 1.77. The zero-order chi connectivity index (χ0) is 16.9. The lowest BCUT2D eigenvalue weighted by Gasteiger charge is -2.09. The minimum absolute atomic E-state index is 0.358. The average Bonchev–Trinajstić information content (AvgIpc) is 3.05. The molecule has 0 radical (unpaired) electrons. The van der Waals surface area contributed by atoms with Crippen molar-refractivity contribution >= 4 is 17.4 Å². The van der Waals surface area contributed by atoms with Gasteiger partial charge in [-0.25, -0.2) is 0 Å². The van der Waals surface area contributed by atoms with Crippen LogP contribution in [0.25, 0.3) is 0 Å². The Bertz CT molecular complexity index is 852. The number of benzene rings is 1. The number of aryl methyl sites for hydroxylation is 1. The first kappa shape index (κ1) is 15.7. The second-order valence-electron chi connectivity index (χ2n) is 5.53. The lowest BCUT2D eigenvalue weighted by Crippen LogP contribution is -2.25. The van der Waals surface area contributed by atoms with Crippen molar-refractivity contribution in [1.82, 2.24) is 9.55 Å². The molecule has 1 N–H and O–H groups in total. The van der Waals surface area contributed by atoms with Gasteiger partial charge in [0.15, 0.2) is 0 Å². The molecule has 5 heteroatoms. The van der Waals surface area contributed by atoms with E-state index in [0.717, 1.165) is 5.56 Å². The molecule has 2 aromatic heterocycles. The molecule has 0 saturated heterocycles. The van der Waals surface area contributed by atoms with Gasteiger partial charge in [-0.05, 0) is 36.8 Å². The normalized spacial score (nSPS) is 10.4. The van der Waals surface area contributed by atoms with Crippen molar-refractivity contribution < 1.29 is 9.59 Å². The monoisotopic (exact) mass is 319 g/mol. The van der Waals surface area contributed by atoms with Gasteiger partial charge in [-0.1, -0.05) is 29.8 Å². The van der Waals surface area contributed by atoms with Gasteiger partial charge >= 0.3 is 0 Å².